The molecule has 0 unspecified atom stereocenters. The third-order valence-electron chi connectivity index (χ3n) is 3.52. The molecule has 7 heteroatoms. The summed E-state index contributed by atoms with van der Waals surface area (Å²) in [7, 11) is 1.64. The predicted molar refractivity (Wildman–Crippen MR) is 77.6 cm³/mol. The maximum Gasteiger partial charge on any atom is 0.269 e. The zero-order valence-corrected chi connectivity index (χ0v) is 11.6. The Hall–Kier alpha value is -2.25. The molecule has 7 nitrogen and oxygen atoms in total. The lowest BCUT2D eigenvalue weighted by Gasteiger charge is -2.25. The lowest BCUT2D eigenvalue weighted by Crippen LogP contribution is -2.43. The number of hydrogen-bond acceptors (Lipinski definition) is 5. The van der Waals surface area contributed by atoms with Crippen LogP contribution in [-0.2, 0) is 4.79 Å². The second kappa shape index (κ2) is 6.47. The van der Waals surface area contributed by atoms with Gasteiger partial charge < -0.3 is 15.3 Å². The largest absolute Gasteiger partial charge is 0.390 e. The number of nitro groups is 1. The minimum Gasteiger partial charge on any atom is -0.390 e. The molecule has 1 amide bonds. The third kappa shape index (κ3) is 3.65. The van der Waals surface area contributed by atoms with Crippen LogP contribution in [-0.4, -0.2) is 53.1 Å². The molecular formula is C14H17N3O4. The summed E-state index contributed by atoms with van der Waals surface area (Å²) in [5.41, 5.74) is 0.711. The summed E-state index contributed by atoms with van der Waals surface area (Å²) in [6, 6.07) is 5.69. The first-order valence-corrected chi connectivity index (χ1v) is 6.57. The second-order valence-electron chi connectivity index (χ2n) is 4.92. The molecule has 2 N–H and O–H groups in total. The van der Waals surface area contributed by atoms with Crippen LogP contribution >= 0.6 is 0 Å². The summed E-state index contributed by atoms with van der Waals surface area (Å²) < 4.78 is 0. The first-order chi connectivity index (χ1) is 9.99. The number of nitrogens with zero attached hydrogens (tertiary/aromatic N) is 2. The number of non-ortho nitro benzene ring substituents is 1. The Kier molecular flexibility index (Phi) is 4.66. The number of hydrogen-bond donors (Lipinski definition) is 2. The highest BCUT2D eigenvalue weighted by molar-refractivity contribution is 5.91. The van der Waals surface area contributed by atoms with Crippen molar-refractivity contribution in [2.45, 2.75) is 12.1 Å². The number of benzene rings is 1. The Bertz CT molecular complexity index is 556. The van der Waals surface area contributed by atoms with E-state index in [0.717, 1.165) is 0 Å². The summed E-state index contributed by atoms with van der Waals surface area (Å²) in [5, 5.41) is 23.3. The Labute approximate surface area is 122 Å². The molecule has 0 radical (unpaired) electrons. The normalized spacial score (nSPS) is 21.6. The van der Waals surface area contributed by atoms with Crippen LogP contribution in [0.1, 0.15) is 5.56 Å². The van der Waals surface area contributed by atoms with E-state index in [1.165, 1.54) is 23.1 Å². The van der Waals surface area contributed by atoms with Gasteiger partial charge >= 0.3 is 0 Å². The topological polar surface area (TPSA) is 95.7 Å². The standard InChI is InChI=1S/C14H17N3O4/c1-16(12-8-15-9-13(12)18)14(19)7-4-10-2-5-11(6-3-10)17(20)21/h2-7,12-13,15,18H,8-9H2,1H3/b7-4+/t12-,13-/m0/s1. The molecule has 2 atom stereocenters. The van der Waals surface area contributed by atoms with Gasteiger partial charge in [-0.3, -0.25) is 14.9 Å². The fraction of sp³-hybridized carbons (Fsp3) is 0.357. The Morgan fingerprint density at radius 2 is 2.10 bits per heavy atom. The number of rotatable bonds is 4. The van der Waals surface area contributed by atoms with Gasteiger partial charge in [-0.15, -0.1) is 0 Å². The number of nitrogens with one attached hydrogen (secondary N) is 1. The van der Waals surface area contributed by atoms with Gasteiger partial charge in [0.25, 0.3) is 5.69 Å². The van der Waals surface area contributed by atoms with Crippen LogP contribution in [0.4, 0.5) is 5.69 Å². The van der Waals surface area contributed by atoms with Crippen LogP contribution in [0.3, 0.4) is 0 Å². The van der Waals surface area contributed by atoms with E-state index < -0.39 is 11.0 Å². The fourth-order valence-corrected chi connectivity index (χ4v) is 2.20. The minimum absolute atomic E-state index is 0.00995. The number of β-amino-alcohol motifs (C(OH)–C–C–N with tert-alkyl or cyclic N) is 1. The van der Waals surface area contributed by atoms with Crippen molar-refractivity contribution in [3.63, 3.8) is 0 Å². The molecule has 2 rings (SSSR count). The zero-order valence-electron chi connectivity index (χ0n) is 11.6. The average molecular weight is 291 g/mol. The van der Waals surface area contributed by atoms with Gasteiger partial charge in [0.05, 0.1) is 17.1 Å². The number of nitro benzene ring substituents is 1. The van der Waals surface area contributed by atoms with Crippen LogP contribution in [0.15, 0.2) is 30.3 Å². The molecule has 1 heterocycles. The molecular weight excluding hydrogens is 274 g/mol. The highest BCUT2D eigenvalue weighted by Crippen LogP contribution is 2.13. The third-order valence-corrected chi connectivity index (χ3v) is 3.52. The van der Waals surface area contributed by atoms with Gasteiger partial charge in [0.1, 0.15) is 0 Å². The number of carbonyl (C=O) groups is 1. The maximum absolute atomic E-state index is 12.0. The number of aliphatic hydroxyl groups is 1. The van der Waals surface area contributed by atoms with E-state index in [1.54, 1.807) is 25.3 Å². The van der Waals surface area contributed by atoms with E-state index in [4.69, 9.17) is 0 Å². The minimum atomic E-state index is -0.563. The molecule has 1 aliphatic rings. The highest BCUT2D eigenvalue weighted by atomic mass is 16.6. The second-order valence-corrected chi connectivity index (χ2v) is 4.92. The van der Waals surface area contributed by atoms with Crippen molar-refractivity contribution in [1.29, 1.82) is 0 Å². The number of carbonyl (C=O) groups excluding carboxylic acids is 1. The van der Waals surface area contributed by atoms with Gasteiger partial charge in [-0.05, 0) is 23.8 Å². The molecule has 1 fully saturated rings. The molecule has 1 aromatic carbocycles. The van der Waals surface area contributed by atoms with Crippen molar-refractivity contribution >= 4 is 17.7 Å². The van der Waals surface area contributed by atoms with Crippen LogP contribution in [0.5, 0.6) is 0 Å². The van der Waals surface area contributed by atoms with E-state index in [1.807, 2.05) is 0 Å². The molecule has 1 saturated heterocycles. The van der Waals surface area contributed by atoms with Gasteiger partial charge in [0.2, 0.25) is 5.91 Å². The first-order valence-electron chi connectivity index (χ1n) is 6.57. The average Bonchev–Trinajstić information content (AvgIpc) is 2.90. The fourth-order valence-electron chi connectivity index (χ4n) is 2.20. The van der Waals surface area contributed by atoms with Crippen molar-refractivity contribution in [3.05, 3.63) is 46.0 Å². The van der Waals surface area contributed by atoms with Crippen molar-refractivity contribution in [2.24, 2.45) is 0 Å². The lowest BCUT2D eigenvalue weighted by atomic mass is 10.1. The van der Waals surface area contributed by atoms with Crippen LogP contribution < -0.4 is 5.32 Å². The molecule has 21 heavy (non-hydrogen) atoms. The van der Waals surface area contributed by atoms with E-state index in [9.17, 15) is 20.0 Å². The SMILES string of the molecule is CN(C(=O)/C=C/c1ccc([N+](=O)[O-])cc1)[C@H]1CNC[C@@H]1O. The predicted octanol–water partition coefficient (Wildman–Crippen LogP) is 0.399. The summed E-state index contributed by atoms with van der Waals surface area (Å²) in [5.74, 6) is -0.221. The van der Waals surface area contributed by atoms with Crippen LogP contribution in [0.2, 0.25) is 0 Å². The summed E-state index contributed by atoms with van der Waals surface area (Å²) in [6.45, 7) is 1.04. The maximum atomic E-state index is 12.0. The summed E-state index contributed by atoms with van der Waals surface area (Å²) in [4.78, 5) is 23.6. The van der Waals surface area contributed by atoms with Crippen molar-refractivity contribution in [3.8, 4) is 0 Å². The molecule has 0 bridgehead atoms. The lowest BCUT2D eigenvalue weighted by molar-refractivity contribution is -0.384. The molecule has 112 valence electrons. The Balaban J connectivity index is 1.99. The number of likely N-dealkylation sites (N-methyl/N-ethyl adjacent to an activating group) is 1. The summed E-state index contributed by atoms with van der Waals surface area (Å²) >= 11 is 0. The Morgan fingerprint density at radius 1 is 1.43 bits per heavy atom. The van der Waals surface area contributed by atoms with Gasteiger partial charge in [-0.1, -0.05) is 0 Å². The van der Waals surface area contributed by atoms with E-state index >= 15 is 0 Å². The quantitative estimate of drug-likeness (QED) is 0.475. The van der Waals surface area contributed by atoms with E-state index in [0.29, 0.717) is 18.7 Å². The molecule has 0 aromatic heterocycles. The monoisotopic (exact) mass is 291 g/mol. The molecule has 1 aliphatic heterocycles. The smallest absolute Gasteiger partial charge is 0.269 e. The van der Waals surface area contributed by atoms with Gasteiger partial charge in [-0.2, -0.15) is 0 Å². The van der Waals surface area contributed by atoms with Crippen molar-refractivity contribution in [1.82, 2.24) is 10.2 Å². The van der Waals surface area contributed by atoms with Crippen LogP contribution in [0.25, 0.3) is 6.08 Å². The van der Waals surface area contributed by atoms with Gasteiger partial charge in [0, 0.05) is 38.3 Å². The number of amides is 1. The molecule has 0 aliphatic carbocycles. The first kappa shape index (κ1) is 15.1. The van der Waals surface area contributed by atoms with Crippen molar-refractivity contribution in [2.75, 3.05) is 20.1 Å². The molecule has 0 saturated carbocycles. The van der Waals surface area contributed by atoms with Gasteiger partial charge in [0.15, 0.2) is 0 Å². The molecule has 1 aromatic rings. The Morgan fingerprint density at radius 3 is 2.62 bits per heavy atom. The van der Waals surface area contributed by atoms with E-state index in [2.05, 4.69) is 5.32 Å². The highest BCUT2D eigenvalue weighted by Gasteiger charge is 2.30. The van der Waals surface area contributed by atoms with E-state index in [-0.39, 0.29) is 17.6 Å². The van der Waals surface area contributed by atoms with Crippen LogP contribution in [0, 0.1) is 10.1 Å². The summed E-state index contributed by atoms with van der Waals surface area (Å²) in [6.07, 6.45) is 2.43. The zero-order chi connectivity index (χ0) is 15.4. The number of aliphatic hydroxyl groups excluding tert-OH is 1. The van der Waals surface area contributed by atoms with Gasteiger partial charge in [-0.25, -0.2) is 0 Å². The van der Waals surface area contributed by atoms with Crippen molar-refractivity contribution < 1.29 is 14.8 Å². The molecule has 0 spiro atoms.